The van der Waals surface area contributed by atoms with Crippen molar-refractivity contribution in [1.82, 2.24) is 0 Å². The van der Waals surface area contributed by atoms with Gasteiger partial charge in [0.1, 0.15) is 11.5 Å². The van der Waals surface area contributed by atoms with Gasteiger partial charge >= 0.3 is 5.97 Å². The first kappa shape index (κ1) is 20.9. The molecule has 0 bridgehead atoms. The molecule has 3 aromatic rings. The van der Waals surface area contributed by atoms with Crippen LogP contribution in [0.3, 0.4) is 0 Å². The predicted molar refractivity (Wildman–Crippen MR) is 122 cm³/mol. The third-order valence-corrected chi connectivity index (χ3v) is 4.98. The van der Waals surface area contributed by atoms with E-state index in [2.05, 4.69) is 29.5 Å². The molecule has 0 amide bonds. The van der Waals surface area contributed by atoms with Crippen molar-refractivity contribution >= 4 is 28.6 Å². The Kier molecular flexibility index (Phi) is 7.25. The molecular formula is C24H20INO3. The second-order valence-corrected chi connectivity index (χ2v) is 7.61. The van der Waals surface area contributed by atoms with Crippen LogP contribution in [0.15, 0.2) is 72.8 Å². The monoisotopic (exact) mass is 497 g/mol. The van der Waals surface area contributed by atoms with Gasteiger partial charge in [0.05, 0.1) is 23.3 Å². The molecule has 0 heterocycles. The number of benzene rings is 3. The van der Waals surface area contributed by atoms with Crippen molar-refractivity contribution in [3.8, 4) is 28.7 Å². The molecule has 0 aromatic heterocycles. The fraction of sp³-hybridized carbons (Fsp3) is 0.167. The van der Waals surface area contributed by atoms with Gasteiger partial charge < -0.3 is 9.47 Å². The van der Waals surface area contributed by atoms with Crippen LogP contribution in [-0.2, 0) is 0 Å². The number of hydrogen-bond acceptors (Lipinski definition) is 4. The summed E-state index contributed by atoms with van der Waals surface area (Å²) in [5.74, 6) is 0.827. The largest absolute Gasteiger partial charge is 0.491 e. The average Bonchev–Trinajstić information content (AvgIpc) is 2.75. The van der Waals surface area contributed by atoms with Gasteiger partial charge in [-0.05, 0) is 73.0 Å². The zero-order valence-electron chi connectivity index (χ0n) is 16.0. The standard InChI is InChI=1S/C24H20INO3/c1-17(14-15-25)28-22-12-8-20(9-13-22)19-4-6-21(7-5-19)24(27)29-23-10-2-18(16-26)3-11-23/h2-13,17H,14-15H2,1H3. The van der Waals surface area contributed by atoms with Gasteiger partial charge in [-0.3, -0.25) is 0 Å². The summed E-state index contributed by atoms with van der Waals surface area (Å²) in [7, 11) is 0. The maximum atomic E-state index is 12.3. The molecule has 0 saturated heterocycles. The van der Waals surface area contributed by atoms with Crippen LogP contribution in [0.5, 0.6) is 11.5 Å². The van der Waals surface area contributed by atoms with Gasteiger partial charge in [-0.2, -0.15) is 5.26 Å². The zero-order valence-corrected chi connectivity index (χ0v) is 18.1. The summed E-state index contributed by atoms with van der Waals surface area (Å²) in [5.41, 5.74) is 3.04. The van der Waals surface area contributed by atoms with E-state index in [0.717, 1.165) is 27.7 Å². The molecule has 0 saturated carbocycles. The summed E-state index contributed by atoms with van der Waals surface area (Å²) < 4.78 is 12.3. The van der Waals surface area contributed by atoms with Crippen molar-refractivity contribution in [2.24, 2.45) is 0 Å². The number of nitrogens with zero attached hydrogens (tertiary/aromatic N) is 1. The summed E-state index contributed by atoms with van der Waals surface area (Å²) >= 11 is 2.35. The number of esters is 1. The molecule has 0 radical (unpaired) electrons. The number of rotatable bonds is 7. The molecule has 4 nitrogen and oxygen atoms in total. The Bertz CT molecular complexity index is 990. The fourth-order valence-corrected chi connectivity index (χ4v) is 3.61. The molecule has 0 aliphatic heterocycles. The van der Waals surface area contributed by atoms with E-state index in [4.69, 9.17) is 14.7 Å². The molecule has 0 aliphatic rings. The van der Waals surface area contributed by atoms with Crippen LogP contribution in [0.25, 0.3) is 11.1 Å². The van der Waals surface area contributed by atoms with Gasteiger partial charge in [-0.15, -0.1) is 0 Å². The highest BCUT2D eigenvalue weighted by atomic mass is 127. The first-order chi connectivity index (χ1) is 14.1. The number of carbonyl (C=O) groups is 1. The lowest BCUT2D eigenvalue weighted by molar-refractivity contribution is 0.0735. The highest BCUT2D eigenvalue weighted by Crippen LogP contribution is 2.24. The third kappa shape index (κ3) is 5.81. The van der Waals surface area contributed by atoms with Gasteiger partial charge in [0.2, 0.25) is 0 Å². The lowest BCUT2D eigenvalue weighted by Gasteiger charge is -2.13. The molecule has 146 valence electrons. The van der Waals surface area contributed by atoms with Crippen LogP contribution in [0.2, 0.25) is 0 Å². The minimum Gasteiger partial charge on any atom is -0.491 e. The lowest BCUT2D eigenvalue weighted by Crippen LogP contribution is -2.11. The van der Waals surface area contributed by atoms with Gasteiger partial charge in [0.15, 0.2) is 0 Å². The molecular weight excluding hydrogens is 477 g/mol. The van der Waals surface area contributed by atoms with E-state index in [0.29, 0.717) is 16.9 Å². The summed E-state index contributed by atoms with van der Waals surface area (Å²) in [4.78, 5) is 12.3. The second kappa shape index (κ2) is 10.1. The first-order valence-electron chi connectivity index (χ1n) is 9.24. The quantitative estimate of drug-likeness (QED) is 0.173. The number of carbonyl (C=O) groups excluding carboxylic acids is 1. The number of hydrogen-bond donors (Lipinski definition) is 0. The van der Waals surface area contributed by atoms with Gasteiger partial charge in [-0.1, -0.05) is 46.9 Å². The summed E-state index contributed by atoms with van der Waals surface area (Å²) in [6, 6.07) is 23.7. The van der Waals surface area contributed by atoms with E-state index in [1.54, 1.807) is 36.4 Å². The molecule has 3 aromatic carbocycles. The molecule has 1 atom stereocenters. The van der Waals surface area contributed by atoms with Crippen molar-refractivity contribution in [2.45, 2.75) is 19.4 Å². The van der Waals surface area contributed by atoms with Crippen molar-refractivity contribution in [1.29, 1.82) is 5.26 Å². The van der Waals surface area contributed by atoms with E-state index in [9.17, 15) is 4.79 Å². The minimum atomic E-state index is -0.436. The van der Waals surface area contributed by atoms with Crippen LogP contribution in [-0.4, -0.2) is 16.5 Å². The molecule has 0 N–H and O–H groups in total. The molecule has 0 fully saturated rings. The van der Waals surface area contributed by atoms with Crippen LogP contribution in [0, 0.1) is 11.3 Å². The maximum absolute atomic E-state index is 12.3. The highest BCUT2D eigenvalue weighted by molar-refractivity contribution is 14.1. The second-order valence-electron chi connectivity index (χ2n) is 6.53. The minimum absolute atomic E-state index is 0.194. The Morgan fingerprint density at radius 2 is 1.48 bits per heavy atom. The van der Waals surface area contributed by atoms with E-state index in [1.165, 1.54) is 0 Å². The molecule has 0 aliphatic carbocycles. The number of halogens is 1. The topological polar surface area (TPSA) is 59.3 Å². The Hall–Kier alpha value is -2.85. The number of nitriles is 1. The number of ether oxygens (including phenoxy) is 2. The lowest BCUT2D eigenvalue weighted by atomic mass is 10.0. The highest BCUT2D eigenvalue weighted by Gasteiger charge is 2.09. The first-order valence-corrected chi connectivity index (χ1v) is 10.8. The molecule has 29 heavy (non-hydrogen) atoms. The van der Waals surface area contributed by atoms with E-state index in [-0.39, 0.29) is 6.10 Å². The smallest absolute Gasteiger partial charge is 0.343 e. The predicted octanol–water partition coefficient (Wildman–Crippen LogP) is 6.04. The summed E-state index contributed by atoms with van der Waals surface area (Å²) in [5, 5.41) is 8.82. The molecule has 3 rings (SSSR count). The van der Waals surface area contributed by atoms with Crippen LogP contribution in [0.1, 0.15) is 29.3 Å². The van der Waals surface area contributed by atoms with Crippen LogP contribution in [0.4, 0.5) is 0 Å². The summed E-state index contributed by atoms with van der Waals surface area (Å²) in [6.45, 7) is 2.07. The SMILES string of the molecule is CC(CCI)Oc1ccc(-c2ccc(C(=O)Oc3ccc(C#N)cc3)cc2)cc1. The third-order valence-electron chi connectivity index (χ3n) is 4.36. The normalized spacial score (nSPS) is 11.3. The Morgan fingerprint density at radius 3 is 2.03 bits per heavy atom. The van der Waals surface area contributed by atoms with Crippen LogP contribution < -0.4 is 9.47 Å². The summed E-state index contributed by atoms with van der Waals surface area (Å²) in [6.07, 6.45) is 1.21. The molecule has 5 heteroatoms. The molecule has 0 spiro atoms. The number of alkyl halides is 1. The van der Waals surface area contributed by atoms with Crippen molar-refractivity contribution in [2.75, 3.05) is 4.43 Å². The van der Waals surface area contributed by atoms with Gasteiger partial charge in [0.25, 0.3) is 0 Å². The van der Waals surface area contributed by atoms with E-state index < -0.39 is 5.97 Å². The Labute approximate surface area is 184 Å². The van der Waals surface area contributed by atoms with E-state index in [1.807, 2.05) is 42.5 Å². The zero-order chi connectivity index (χ0) is 20.6. The van der Waals surface area contributed by atoms with Gasteiger partial charge in [0, 0.05) is 4.43 Å². The van der Waals surface area contributed by atoms with Crippen molar-refractivity contribution in [3.05, 3.63) is 83.9 Å². The Morgan fingerprint density at radius 1 is 0.931 bits per heavy atom. The average molecular weight is 497 g/mol. The molecule has 1 unspecified atom stereocenters. The fourth-order valence-electron chi connectivity index (χ4n) is 2.73. The van der Waals surface area contributed by atoms with Crippen LogP contribution >= 0.6 is 22.6 Å². The van der Waals surface area contributed by atoms with Crippen molar-refractivity contribution < 1.29 is 14.3 Å². The van der Waals surface area contributed by atoms with Gasteiger partial charge in [-0.25, -0.2) is 4.79 Å². The van der Waals surface area contributed by atoms with Crippen molar-refractivity contribution in [3.63, 3.8) is 0 Å². The maximum Gasteiger partial charge on any atom is 0.343 e. The Balaban J connectivity index is 1.64. The van der Waals surface area contributed by atoms with E-state index >= 15 is 0 Å².